The Labute approximate surface area is 143 Å². The van der Waals surface area contributed by atoms with E-state index in [-0.39, 0.29) is 11.8 Å². The highest BCUT2D eigenvalue weighted by Crippen LogP contribution is 2.21. The molecule has 1 aromatic carbocycles. The largest absolute Gasteiger partial charge is 0.324 e. The van der Waals surface area contributed by atoms with Crippen LogP contribution in [-0.4, -0.2) is 28.6 Å². The molecule has 2 amide bonds. The molecular weight excluding hydrogens is 360 g/mol. The summed E-state index contributed by atoms with van der Waals surface area (Å²) >= 11 is 3.39. The van der Waals surface area contributed by atoms with Crippen molar-refractivity contribution in [2.24, 2.45) is 0 Å². The number of carbonyl (C=O) groups is 2. The van der Waals surface area contributed by atoms with E-state index < -0.39 is 6.04 Å². The van der Waals surface area contributed by atoms with Gasteiger partial charge in [-0.15, -0.1) is 0 Å². The highest BCUT2D eigenvalue weighted by molar-refractivity contribution is 9.10. The van der Waals surface area contributed by atoms with Gasteiger partial charge in [-0.3, -0.25) is 14.3 Å². The predicted molar refractivity (Wildman–Crippen MR) is 93.5 cm³/mol. The van der Waals surface area contributed by atoms with Crippen molar-refractivity contribution in [2.75, 3.05) is 17.3 Å². The number of anilines is 2. The summed E-state index contributed by atoms with van der Waals surface area (Å²) < 4.78 is 2.53. The Morgan fingerprint density at radius 3 is 2.39 bits per heavy atom. The van der Waals surface area contributed by atoms with Gasteiger partial charge in [0.1, 0.15) is 6.04 Å². The molecule has 1 heterocycles. The van der Waals surface area contributed by atoms with Crippen molar-refractivity contribution in [1.82, 2.24) is 9.78 Å². The Morgan fingerprint density at radius 1 is 1.30 bits per heavy atom. The molecule has 6 nitrogen and oxygen atoms in total. The Hall–Kier alpha value is -2.15. The lowest BCUT2D eigenvalue weighted by Crippen LogP contribution is -2.25. The minimum atomic E-state index is -0.430. The third-order valence-corrected chi connectivity index (χ3v) is 4.50. The Kier molecular flexibility index (Phi) is 5.20. The summed E-state index contributed by atoms with van der Waals surface area (Å²) in [7, 11) is 1.70. The highest BCUT2D eigenvalue weighted by atomic mass is 79.9. The molecule has 0 saturated carbocycles. The second-order valence-corrected chi connectivity index (χ2v) is 6.17. The molecule has 122 valence electrons. The molecule has 1 N–H and O–H groups in total. The summed E-state index contributed by atoms with van der Waals surface area (Å²) in [6, 6.07) is 6.69. The number of amides is 2. The van der Waals surface area contributed by atoms with Crippen LogP contribution in [-0.2, 0) is 9.59 Å². The monoisotopic (exact) mass is 378 g/mol. The number of aromatic nitrogens is 2. The van der Waals surface area contributed by atoms with Crippen LogP contribution in [0.15, 0.2) is 34.9 Å². The van der Waals surface area contributed by atoms with Crippen LogP contribution < -0.4 is 10.2 Å². The quantitative estimate of drug-likeness (QED) is 0.888. The van der Waals surface area contributed by atoms with Crippen LogP contribution in [0.25, 0.3) is 0 Å². The Bertz CT molecular complexity index is 724. The van der Waals surface area contributed by atoms with Gasteiger partial charge in [-0.25, -0.2) is 0 Å². The van der Waals surface area contributed by atoms with Crippen molar-refractivity contribution in [2.45, 2.75) is 26.8 Å². The lowest BCUT2D eigenvalue weighted by atomic mass is 10.2. The molecule has 23 heavy (non-hydrogen) atoms. The fourth-order valence-electron chi connectivity index (χ4n) is 2.10. The summed E-state index contributed by atoms with van der Waals surface area (Å²) in [5.41, 5.74) is 2.34. The first-order valence-electron chi connectivity index (χ1n) is 7.16. The van der Waals surface area contributed by atoms with E-state index in [1.54, 1.807) is 54.0 Å². The first kappa shape index (κ1) is 17.2. The van der Waals surface area contributed by atoms with E-state index in [2.05, 4.69) is 26.3 Å². The van der Waals surface area contributed by atoms with E-state index in [0.29, 0.717) is 5.69 Å². The molecule has 0 aliphatic carbocycles. The molecule has 2 rings (SSSR count). The minimum absolute atomic E-state index is 0.0462. The standard InChI is InChI=1S/C16H19BrN4O2/c1-10-15(17)9-18-21(10)11(2)16(23)19-13-5-7-14(8-6-13)20(4)12(3)22/h5-9,11H,1-4H3,(H,19,23). The van der Waals surface area contributed by atoms with E-state index in [4.69, 9.17) is 0 Å². The number of nitrogens with one attached hydrogen (secondary N) is 1. The van der Waals surface area contributed by atoms with Crippen molar-refractivity contribution in [3.8, 4) is 0 Å². The van der Waals surface area contributed by atoms with Crippen molar-refractivity contribution in [3.05, 3.63) is 40.6 Å². The zero-order chi connectivity index (χ0) is 17.1. The Morgan fingerprint density at radius 2 is 1.91 bits per heavy atom. The van der Waals surface area contributed by atoms with Crippen LogP contribution in [0.4, 0.5) is 11.4 Å². The maximum atomic E-state index is 12.3. The van der Waals surface area contributed by atoms with Gasteiger partial charge in [0.25, 0.3) is 0 Å². The third-order valence-electron chi connectivity index (χ3n) is 3.73. The number of halogens is 1. The summed E-state index contributed by atoms with van der Waals surface area (Å²) in [5.74, 6) is -0.202. The van der Waals surface area contributed by atoms with E-state index >= 15 is 0 Å². The van der Waals surface area contributed by atoms with Crippen LogP contribution in [0, 0.1) is 6.92 Å². The molecule has 1 atom stereocenters. The molecule has 0 fully saturated rings. The minimum Gasteiger partial charge on any atom is -0.324 e. The smallest absolute Gasteiger partial charge is 0.248 e. The average Bonchev–Trinajstić information content (AvgIpc) is 2.86. The zero-order valence-corrected chi connectivity index (χ0v) is 15.1. The summed E-state index contributed by atoms with van der Waals surface area (Å²) in [6.07, 6.45) is 1.67. The number of hydrogen-bond donors (Lipinski definition) is 1. The lowest BCUT2D eigenvalue weighted by molar-refractivity contribution is -0.119. The molecular formula is C16H19BrN4O2. The molecule has 0 radical (unpaired) electrons. The van der Waals surface area contributed by atoms with Crippen LogP contribution in [0.2, 0.25) is 0 Å². The van der Waals surface area contributed by atoms with E-state index in [9.17, 15) is 9.59 Å². The van der Waals surface area contributed by atoms with Crippen molar-refractivity contribution in [1.29, 1.82) is 0 Å². The fourth-order valence-corrected chi connectivity index (χ4v) is 2.37. The molecule has 0 aliphatic rings. The second-order valence-electron chi connectivity index (χ2n) is 5.31. The van der Waals surface area contributed by atoms with Crippen LogP contribution in [0.1, 0.15) is 25.6 Å². The fraction of sp³-hybridized carbons (Fsp3) is 0.312. The lowest BCUT2D eigenvalue weighted by Gasteiger charge is -2.17. The van der Waals surface area contributed by atoms with Gasteiger partial charge in [0, 0.05) is 25.3 Å². The summed E-state index contributed by atoms with van der Waals surface area (Å²) in [6.45, 7) is 5.19. The van der Waals surface area contributed by atoms with Crippen molar-refractivity contribution in [3.63, 3.8) is 0 Å². The molecule has 1 unspecified atom stereocenters. The van der Waals surface area contributed by atoms with Crippen LogP contribution in [0.5, 0.6) is 0 Å². The number of rotatable bonds is 4. The predicted octanol–water partition coefficient (Wildman–Crippen LogP) is 3.14. The topological polar surface area (TPSA) is 67.2 Å². The van der Waals surface area contributed by atoms with Gasteiger partial charge in [-0.1, -0.05) is 0 Å². The van der Waals surface area contributed by atoms with Crippen molar-refractivity contribution >= 4 is 39.1 Å². The summed E-state index contributed by atoms with van der Waals surface area (Å²) in [5, 5.41) is 7.05. The molecule has 0 saturated heterocycles. The maximum Gasteiger partial charge on any atom is 0.248 e. The normalized spacial score (nSPS) is 11.9. The summed E-state index contributed by atoms with van der Waals surface area (Å²) in [4.78, 5) is 25.2. The highest BCUT2D eigenvalue weighted by Gasteiger charge is 2.18. The molecule has 0 bridgehead atoms. The second kappa shape index (κ2) is 6.95. The van der Waals surface area contributed by atoms with Gasteiger partial charge < -0.3 is 10.2 Å². The van der Waals surface area contributed by atoms with Gasteiger partial charge in [-0.05, 0) is 54.0 Å². The van der Waals surface area contributed by atoms with Gasteiger partial charge in [0.05, 0.1) is 16.4 Å². The van der Waals surface area contributed by atoms with Crippen LogP contribution >= 0.6 is 15.9 Å². The van der Waals surface area contributed by atoms with Gasteiger partial charge in [0.2, 0.25) is 11.8 Å². The molecule has 0 spiro atoms. The molecule has 7 heteroatoms. The van der Waals surface area contributed by atoms with E-state index in [1.165, 1.54) is 6.92 Å². The number of hydrogen-bond acceptors (Lipinski definition) is 3. The maximum absolute atomic E-state index is 12.3. The van der Waals surface area contributed by atoms with Crippen LogP contribution in [0.3, 0.4) is 0 Å². The van der Waals surface area contributed by atoms with Gasteiger partial charge >= 0.3 is 0 Å². The SMILES string of the molecule is CC(=O)N(C)c1ccc(NC(=O)C(C)n2ncc(Br)c2C)cc1. The molecule has 0 aliphatic heterocycles. The average molecular weight is 379 g/mol. The van der Waals surface area contributed by atoms with Crippen molar-refractivity contribution < 1.29 is 9.59 Å². The first-order valence-corrected chi connectivity index (χ1v) is 7.95. The Balaban J connectivity index is 2.08. The third kappa shape index (κ3) is 3.79. The molecule has 2 aromatic rings. The van der Waals surface area contributed by atoms with Gasteiger partial charge in [-0.2, -0.15) is 5.10 Å². The van der Waals surface area contributed by atoms with E-state index in [1.807, 2.05) is 6.92 Å². The van der Waals surface area contributed by atoms with E-state index in [0.717, 1.165) is 15.9 Å². The zero-order valence-electron chi connectivity index (χ0n) is 13.5. The number of carbonyl (C=O) groups excluding carboxylic acids is 2. The first-order chi connectivity index (χ1) is 10.8. The number of nitrogens with zero attached hydrogens (tertiary/aromatic N) is 3. The molecule has 1 aromatic heterocycles. The van der Waals surface area contributed by atoms with Gasteiger partial charge in [0.15, 0.2) is 0 Å². The number of benzene rings is 1.